The minimum Gasteiger partial charge on any atom is -0.497 e. The molecule has 2 rings (SSSR count). The van der Waals surface area contributed by atoms with Crippen LogP contribution >= 0.6 is 0 Å². The summed E-state index contributed by atoms with van der Waals surface area (Å²) in [6.07, 6.45) is 7.11. The summed E-state index contributed by atoms with van der Waals surface area (Å²) in [7, 11) is 3.60. The Balaban J connectivity index is 2.12. The highest BCUT2D eigenvalue weighted by atomic mass is 16.5. The van der Waals surface area contributed by atoms with Crippen molar-refractivity contribution in [3.8, 4) is 5.75 Å². The number of aromatic amines is 1. The third kappa shape index (κ3) is 4.28. The van der Waals surface area contributed by atoms with Gasteiger partial charge in [0.05, 0.1) is 13.3 Å². The molecule has 6 nitrogen and oxygen atoms in total. The maximum atomic E-state index is 5.96. The monoisotopic (exact) mass is 329 g/mol. The second-order valence-corrected chi connectivity index (χ2v) is 5.94. The Hall–Kier alpha value is -2.50. The molecule has 3 N–H and O–H groups in total. The number of H-pyrrole nitrogens is 1. The van der Waals surface area contributed by atoms with Gasteiger partial charge in [0, 0.05) is 36.3 Å². The van der Waals surface area contributed by atoms with Crippen LogP contribution in [0.15, 0.2) is 28.5 Å². The molecule has 2 aromatic rings. The van der Waals surface area contributed by atoms with Crippen molar-refractivity contribution in [2.45, 2.75) is 33.1 Å². The fourth-order valence-corrected chi connectivity index (χ4v) is 2.57. The minimum atomic E-state index is 0.427. The number of methoxy groups -OCH3 is 1. The summed E-state index contributed by atoms with van der Waals surface area (Å²) in [5.74, 6) is 1.25. The number of nitrogens with one attached hydrogen (secondary N) is 1. The first kappa shape index (κ1) is 17.8. The molecule has 1 aromatic carbocycles. The number of unbranched alkanes of at least 4 members (excludes halogenated alkanes) is 2. The van der Waals surface area contributed by atoms with Crippen molar-refractivity contribution in [2.75, 3.05) is 20.7 Å². The molecule has 130 valence electrons. The Bertz CT molecular complexity index is 732. The van der Waals surface area contributed by atoms with Crippen LogP contribution in [0.25, 0.3) is 10.9 Å². The zero-order valence-corrected chi connectivity index (χ0v) is 15.0. The number of guanidine groups is 1. The van der Waals surface area contributed by atoms with Crippen LogP contribution in [0.1, 0.15) is 37.3 Å². The van der Waals surface area contributed by atoms with Gasteiger partial charge in [-0.2, -0.15) is 5.10 Å². The van der Waals surface area contributed by atoms with Gasteiger partial charge in [-0.1, -0.05) is 19.8 Å². The quantitative estimate of drug-likeness (QED) is 0.354. The standard InChI is InChI=1S/C18H27N5O/c1-5-6-7-8-23(3)18(19)22-21-12-14-11-20-17-13(2)9-15(24-4)10-16(14)17/h9-12,20H,5-8H2,1-4H3,(H2,19,22)/b21-12+. The Morgan fingerprint density at radius 1 is 1.38 bits per heavy atom. The second-order valence-electron chi connectivity index (χ2n) is 5.94. The van der Waals surface area contributed by atoms with E-state index in [4.69, 9.17) is 10.5 Å². The second kappa shape index (κ2) is 8.38. The van der Waals surface area contributed by atoms with Gasteiger partial charge in [-0.25, -0.2) is 0 Å². The minimum absolute atomic E-state index is 0.427. The van der Waals surface area contributed by atoms with Gasteiger partial charge in [0.15, 0.2) is 0 Å². The van der Waals surface area contributed by atoms with Crippen molar-refractivity contribution in [1.82, 2.24) is 9.88 Å². The summed E-state index contributed by atoms with van der Waals surface area (Å²) < 4.78 is 5.34. The third-order valence-electron chi connectivity index (χ3n) is 4.07. The van der Waals surface area contributed by atoms with Crippen LogP contribution in [0.5, 0.6) is 5.75 Å². The number of benzene rings is 1. The van der Waals surface area contributed by atoms with Crippen LogP contribution in [0.3, 0.4) is 0 Å². The highest BCUT2D eigenvalue weighted by Crippen LogP contribution is 2.26. The summed E-state index contributed by atoms with van der Waals surface area (Å²) in [5, 5.41) is 9.28. The predicted octanol–water partition coefficient (Wildman–Crippen LogP) is 3.26. The van der Waals surface area contributed by atoms with Gasteiger partial charge in [0.25, 0.3) is 0 Å². The first-order valence-electron chi connectivity index (χ1n) is 8.30. The maximum Gasteiger partial charge on any atom is 0.216 e. The number of fused-ring (bicyclic) bond motifs is 1. The third-order valence-corrected chi connectivity index (χ3v) is 4.07. The van der Waals surface area contributed by atoms with Gasteiger partial charge in [-0.3, -0.25) is 0 Å². The zero-order chi connectivity index (χ0) is 17.5. The predicted molar refractivity (Wildman–Crippen MR) is 101 cm³/mol. The lowest BCUT2D eigenvalue weighted by Gasteiger charge is -2.16. The molecule has 0 radical (unpaired) electrons. The van der Waals surface area contributed by atoms with Crippen molar-refractivity contribution in [3.63, 3.8) is 0 Å². The van der Waals surface area contributed by atoms with Crippen LogP contribution in [0.2, 0.25) is 0 Å². The van der Waals surface area contributed by atoms with Gasteiger partial charge >= 0.3 is 0 Å². The summed E-state index contributed by atoms with van der Waals surface area (Å²) >= 11 is 0. The van der Waals surface area contributed by atoms with E-state index >= 15 is 0 Å². The summed E-state index contributed by atoms with van der Waals surface area (Å²) in [4.78, 5) is 5.19. The summed E-state index contributed by atoms with van der Waals surface area (Å²) in [6, 6.07) is 3.99. The first-order chi connectivity index (χ1) is 11.6. The number of aromatic nitrogens is 1. The van der Waals surface area contributed by atoms with E-state index in [1.54, 1.807) is 13.3 Å². The van der Waals surface area contributed by atoms with Gasteiger partial charge in [-0.05, 0) is 31.0 Å². The van der Waals surface area contributed by atoms with Crippen molar-refractivity contribution in [2.24, 2.45) is 15.9 Å². The first-order valence-corrected chi connectivity index (χ1v) is 8.30. The van der Waals surface area contributed by atoms with E-state index in [0.29, 0.717) is 5.96 Å². The summed E-state index contributed by atoms with van der Waals surface area (Å²) in [5.41, 5.74) is 9.11. The molecule has 0 saturated carbocycles. The van der Waals surface area contributed by atoms with E-state index in [-0.39, 0.29) is 0 Å². The molecule has 0 aliphatic rings. The lowest BCUT2D eigenvalue weighted by atomic mass is 10.1. The van der Waals surface area contributed by atoms with Gasteiger partial charge in [0.2, 0.25) is 5.96 Å². The molecule has 6 heteroatoms. The van der Waals surface area contributed by atoms with E-state index in [0.717, 1.165) is 40.7 Å². The molecule has 0 amide bonds. The van der Waals surface area contributed by atoms with E-state index in [1.807, 2.05) is 37.2 Å². The number of hydrogen-bond acceptors (Lipinski definition) is 3. The number of nitrogens with zero attached hydrogens (tertiary/aromatic N) is 3. The molecule has 0 spiro atoms. The van der Waals surface area contributed by atoms with Crippen LogP contribution in [-0.4, -0.2) is 42.8 Å². The fraction of sp³-hybridized carbons (Fsp3) is 0.444. The molecular weight excluding hydrogens is 302 g/mol. The summed E-state index contributed by atoms with van der Waals surface area (Å²) in [6.45, 7) is 5.12. The Labute approximate surface area is 143 Å². The Morgan fingerprint density at radius 2 is 2.17 bits per heavy atom. The number of hydrogen-bond donors (Lipinski definition) is 2. The van der Waals surface area contributed by atoms with Crippen molar-refractivity contribution in [3.05, 3.63) is 29.5 Å². The van der Waals surface area contributed by atoms with Crippen LogP contribution in [0, 0.1) is 6.92 Å². The SMILES string of the molecule is CCCCCN(C)C(N)=N/N=C/c1c[nH]c2c(C)cc(OC)cc12. The lowest BCUT2D eigenvalue weighted by molar-refractivity contribution is 0.415. The van der Waals surface area contributed by atoms with Crippen molar-refractivity contribution in [1.29, 1.82) is 0 Å². The number of rotatable bonds is 7. The normalized spacial score (nSPS) is 12.2. The molecule has 0 aliphatic carbocycles. The maximum absolute atomic E-state index is 5.96. The zero-order valence-electron chi connectivity index (χ0n) is 15.0. The van der Waals surface area contributed by atoms with Gasteiger partial charge in [-0.15, -0.1) is 5.10 Å². The van der Waals surface area contributed by atoms with Crippen LogP contribution in [0.4, 0.5) is 0 Å². The molecule has 24 heavy (non-hydrogen) atoms. The number of aryl methyl sites for hydroxylation is 1. The molecule has 1 aromatic heterocycles. The van der Waals surface area contributed by atoms with Crippen molar-refractivity contribution >= 4 is 23.1 Å². The van der Waals surface area contributed by atoms with Crippen LogP contribution in [-0.2, 0) is 0 Å². The average Bonchev–Trinajstić information content (AvgIpc) is 2.98. The molecule has 0 unspecified atom stereocenters. The molecule has 0 bridgehead atoms. The molecule has 0 fully saturated rings. The van der Waals surface area contributed by atoms with Crippen LogP contribution < -0.4 is 10.5 Å². The highest BCUT2D eigenvalue weighted by molar-refractivity contribution is 6.00. The molecule has 1 heterocycles. The number of ether oxygens (including phenoxy) is 1. The number of nitrogens with two attached hydrogens (primary N) is 1. The van der Waals surface area contributed by atoms with E-state index in [2.05, 4.69) is 22.1 Å². The largest absolute Gasteiger partial charge is 0.497 e. The Kier molecular flexibility index (Phi) is 6.23. The molecule has 0 aliphatic heterocycles. The van der Waals surface area contributed by atoms with Gasteiger partial charge in [0.1, 0.15) is 5.75 Å². The lowest BCUT2D eigenvalue weighted by Crippen LogP contribution is -2.34. The topological polar surface area (TPSA) is 79.0 Å². The highest BCUT2D eigenvalue weighted by Gasteiger charge is 2.07. The van der Waals surface area contributed by atoms with E-state index < -0.39 is 0 Å². The molecular formula is C18H27N5O. The molecule has 0 atom stereocenters. The average molecular weight is 329 g/mol. The van der Waals surface area contributed by atoms with Crippen molar-refractivity contribution < 1.29 is 4.74 Å². The Morgan fingerprint density at radius 3 is 2.88 bits per heavy atom. The molecule has 0 saturated heterocycles. The fourth-order valence-electron chi connectivity index (χ4n) is 2.57. The van der Waals surface area contributed by atoms with Gasteiger partial charge < -0.3 is 20.4 Å². The van der Waals surface area contributed by atoms with E-state index in [9.17, 15) is 0 Å². The smallest absolute Gasteiger partial charge is 0.216 e. The van der Waals surface area contributed by atoms with E-state index in [1.165, 1.54) is 12.8 Å².